The number of nitrogens with zero attached hydrogens (tertiary/aromatic N) is 2. The van der Waals surface area contributed by atoms with Gasteiger partial charge in [0.1, 0.15) is 0 Å². The fourth-order valence-electron chi connectivity index (χ4n) is 4.30. The molecule has 1 heterocycles. The minimum atomic E-state index is -0.0457. The Bertz CT molecular complexity index is 1060. The van der Waals surface area contributed by atoms with Crippen LogP contribution in [0.15, 0.2) is 48.8 Å². The van der Waals surface area contributed by atoms with Gasteiger partial charge in [0.2, 0.25) is 5.78 Å². The number of benzene rings is 2. The molecule has 1 aromatic heterocycles. The van der Waals surface area contributed by atoms with Crippen LogP contribution >= 0.6 is 23.2 Å². The van der Waals surface area contributed by atoms with Crippen LogP contribution in [0.5, 0.6) is 0 Å². The number of carbonyl (C=O) groups is 1. The Morgan fingerprint density at radius 1 is 1.13 bits per heavy atom. The summed E-state index contributed by atoms with van der Waals surface area (Å²) in [4.78, 5) is 17.8. The van der Waals surface area contributed by atoms with E-state index in [1.54, 1.807) is 12.3 Å². The Labute approximate surface area is 186 Å². The van der Waals surface area contributed by atoms with Gasteiger partial charge in [0.15, 0.2) is 5.82 Å². The Morgan fingerprint density at radius 2 is 1.97 bits per heavy atom. The van der Waals surface area contributed by atoms with Crippen LogP contribution in [0.25, 0.3) is 0 Å². The average Bonchev–Trinajstić information content (AvgIpc) is 3.22. The van der Waals surface area contributed by atoms with E-state index in [1.807, 2.05) is 35.0 Å². The van der Waals surface area contributed by atoms with Crippen molar-refractivity contribution in [1.82, 2.24) is 9.55 Å². The highest BCUT2D eigenvalue weighted by atomic mass is 35.5. The van der Waals surface area contributed by atoms with E-state index >= 15 is 0 Å². The molecule has 1 aliphatic rings. The molecule has 4 nitrogen and oxygen atoms in total. The second kappa shape index (κ2) is 9.34. The first-order valence-corrected chi connectivity index (χ1v) is 11.1. The Hall–Kier alpha value is -2.14. The molecule has 0 spiro atoms. The van der Waals surface area contributed by atoms with Gasteiger partial charge in [-0.25, -0.2) is 4.98 Å². The molecule has 156 valence electrons. The second-order valence-electron chi connectivity index (χ2n) is 7.77. The largest absolute Gasteiger partial charge is 0.396 e. The van der Waals surface area contributed by atoms with Crippen molar-refractivity contribution in [1.29, 1.82) is 0 Å². The molecular formula is C24H24Cl2N2O2. The first kappa shape index (κ1) is 21.1. The van der Waals surface area contributed by atoms with Crippen molar-refractivity contribution in [3.63, 3.8) is 0 Å². The molecule has 1 aliphatic carbocycles. The summed E-state index contributed by atoms with van der Waals surface area (Å²) in [7, 11) is 0. The van der Waals surface area contributed by atoms with E-state index < -0.39 is 0 Å². The van der Waals surface area contributed by atoms with Crippen LogP contribution in [-0.4, -0.2) is 27.0 Å². The van der Waals surface area contributed by atoms with Crippen molar-refractivity contribution in [2.24, 2.45) is 0 Å². The Kier molecular flexibility index (Phi) is 6.57. The van der Waals surface area contributed by atoms with Gasteiger partial charge in [-0.2, -0.15) is 0 Å². The van der Waals surface area contributed by atoms with Crippen LogP contribution in [0.4, 0.5) is 0 Å². The molecule has 0 fully saturated rings. The topological polar surface area (TPSA) is 55.1 Å². The van der Waals surface area contributed by atoms with Crippen LogP contribution in [0, 0.1) is 0 Å². The number of aliphatic hydroxyl groups is 1. The molecule has 0 amide bonds. The van der Waals surface area contributed by atoms with Crippen molar-refractivity contribution >= 4 is 29.0 Å². The number of fused-ring (bicyclic) bond motifs is 1. The van der Waals surface area contributed by atoms with E-state index in [9.17, 15) is 9.90 Å². The molecule has 30 heavy (non-hydrogen) atoms. The predicted molar refractivity (Wildman–Crippen MR) is 120 cm³/mol. The van der Waals surface area contributed by atoms with Crippen LogP contribution in [0.3, 0.4) is 0 Å². The summed E-state index contributed by atoms with van der Waals surface area (Å²) >= 11 is 12.3. The highest BCUT2D eigenvalue weighted by Gasteiger charge is 2.23. The number of aliphatic hydroxyl groups excluding tert-OH is 1. The molecule has 0 aliphatic heterocycles. The number of aryl methyl sites for hydroxylation is 1. The summed E-state index contributed by atoms with van der Waals surface area (Å²) < 4.78 is 1.88. The normalized spacial score (nSPS) is 14.4. The zero-order chi connectivity index (χ0) is 21.1. The third kappa shape index (κ3) is 4.31. The van der Waals surface area contributed by atoms with Crippen molar-refractivity contribution in [2.75, 3.05) is 6.61 Å². The zero-order valence-corrected chi connectivity index (χ0v) is 18.2. The molecule has 6 heteroatoms. The zero-order valence-electron chi connectivity index (χ0n) is 16.7. The van der Waals surface area contributed by atoms with E-state index in [0.717, 1.165) is 30.4 Å². The Morgan fingerprint density at radius 3 is 2.77 bits per heavy atom. The standard InChI is InChI=1S/C24H24Cl2N2O2/c25-21-9-8-17(14-22(21)26)18(10-13-29)15-28-12-11-27-24(28)23(30)20-7-3-5-16-4-1-2-6-19(16)20/h3,5,7-9,11-12,14,18,29H,1-2,4,6,10,13,15H2/t18-/m1/s1. The summed E-state index contributed by atoms with van der Waals surface area (Å²) in [6.45, 7) is 0.559. The Balaban J connectivity index is 1.64. The molecule has 0 saturated carbocycles. The average molecular weight is 443 g/mol. The molecule has 4 rings (SSSR count). The maximum atomic E-state index is 13.4. The van der Waals surface area contributed by atoms with Crippen molar-refractivity contribution in [2.45, 2.75) is 44.6 Å². The van der Waals surface area contributed by atoms with E-state index in [4.69, 9.17) is 23.2 Å². The van der Waals surface area contributed by atoms with E-state index in [0.29, 0.717) is 28.8 Å². The lowest BCUT2D eigenvalue weighted by Crippen LogP contribution is -2.18. The van der Waals surface area contributed by atoms with Gasteiger partial charge >= 0.3 is 0 Å². The number of imidazole rings is 1. The molecular weight excluding hydrogens is 419 g/mol. The smallest absolute Gasteiger partial charge is 0.228 e. The lowest BCUT2D eigenvalue weighted by molar-refractivity contribution is 0.102. The van der Waals surface area contributed by atoms with Gasteiger partial charge in [-0.15, -0.1) is 0 Å². The summed E-state index contributed by atoms with van der Waals surface area (Å²) in [6, 6.07) is 11.5. The minimum Gasteiger partial charge on any atom is -0.396 e. The maximum Gasteiger partial charge on any atom is 0.228 e. The van der Waals surface area contributed by atoms with Gasteiger partial charge in [0, 0.05) is 37.0 Å². The highest BCUT2D eigenvalue weighted by Crippen LogP contribution is 2.30. The first-order chi connectivity index (χ1) is 14.6. The number of hydrogen-bond donors (Lipinski definition) is 1. The molecule has 0 unspecified atom stereocenters. The van der Waals surface area contributed by atoms with Crippen molar-refractivity contribution in [3.8, 4) is 0 Å². The number of halogens is 2. The van der Waals surface area contributed by atoms with Gasteiger partial charge in [0.05, 0.1) is 10.0 Å². The van der Waals surface area contributed by atoms with E-state index in [1.165, 1.54) is 17.5 Å². The quantitative estimate of drug-likeness (QED) is 0.493. The van der Waals surface area contributed by atoms with Crippen molar-refractivity contribution in [3.05, 3.63) is 86.9 Å². The van der Waals surface area contributed by atoms with Crippen LogP contribution in [0.2, 0.25) is 10.0 Å². The highest BCUT2D eigenvalue weighted by molar-refractivity contribution is 6.42. The molecule has 1 N–H and O–H groups in total. The van der Waals surface area contributed by atoms with Gasteiger partial charge in [-0.3, -0.25) is 4.79 Å². The number of rotatable bonds is 7. The monoisotopic (exact) mass is 442 g/mol. The first-order valence-electron chi connectivity index (χ1n) is 10.3. The van der Waals surface area contributed by atoms with Gasteiger partial charge in [0.25, 0.3) is 0 Å². The van der Waals surface area contributed by atoms with Gasteiger partial charge in [-0.05, 0) is 60.9 Å². The SMILES string of the molecule is O=C(c1cccc2c1CCCC2)c1nccn1C[C@@H](CCO)c1ccc(Cl)c(Cl)c1. The molecule has 1 atom stereocenters. The van der Waals surface area contributed by atoms with Gasteiger partial charge < -0.3 is 9.67 Å². The van der Waals surface area contributed by atoms with Crippen LogP contribution in [0.1, 0.15) is 58.1 Å². The molecule has 3 aromatic rings. The van der Waals surface area contributed by atoms with Crippen molar-refractivity contribution < 1.29 is 9.90 Å². The minimum absolute atomic E-state index is 0.0183. The summed E-state index contributed by atoms with van der Waals surface area (Å²) in [6.07, 6.45) is 8.28. The number of ketones is 1. The summed E-state index contributed by atoms with van der Waals surface area (Å²) in [5.74, 6) is 0.364. The van der Waals surface area contributed by atoms with E-state index in [2.05, 4.69) is 11.1 Å². The summed E-state index contributed by atoms with van der Waals surface area (Å²) in [5, 5.41) is 10.6. The maximum absolute atomic E-state index is 13.4. The second-order valence-corrected chi connectivity index (χ2v) is 8.58. The molecule has 0 bridgehead atoms. The summed E-state index contributed by atoms with van der Waals surface area (Å²) in [5.41, 5.74) is 4.18. The lowest BCUT2D eigenvalue weighted by atomic mass is 9.87. The third-order valence-electron chi connectivity index (χ3n) is 5.87. The number of aromatic nitrogens is 2. The predicted octanol–water partition coefficient (Wildman–Crippen LogP) is 5.47. The lowest BCUT2D eigenvalue weighted by Gasteiger charge is -2.20. The number of carbonyl (C=O) groups excluding carboxylic acids is 1. The van der Waals surface area contributed by atoms with Gasteiger partial charge in [-0.1, -0.05) is 47.5 Å². The van der Waals surface area contributed by atoms with Crippen LogP contribution in [-0.2, 0) is 19.4 Å². The fraction of sp³-hybridized carbons (Fsp3) is 0.333. The fourth-order valence-corrected chi connectivity index (χ4v) is 4.61. The molecule has 0 radical (unpaired) electrons. The van der Waals surface area contributed by atoms with E-state index in [-0.39, 0.29) is 18.3 Å². The van der Waals surface area contributed by atoms with Crippen LogP contribution < -0.4 is 0 Å². The molecule has 0 saturated heterocycles. The molecule has 2 aromatic carbocycles. The third-order valence-corrected chi connectivity index (χ3v) is 6.61. The number of hydrogen-bond acceptors (Lipinski definition) is 3.